The van der Waals surface area contributed by atoms with E-state index in [1.165, 1.54) is 7.11 Å². The van der Waals surface area contributed by atoms with Gasteiger partial charge in [-0.25, -0.2) is 0 Å². The molecular weight excluding hydrogens is 448 g/mol. The summed E-state index contributed by atoms with van der Waals surface area (Å²) in [7, 11) is 1.37. The Kier molecular flexibility index (Phi) is 4.14. The molecule has 186 valence electrons. The van der Waals surface area contributed by atoms with Crippen LogP contribution >= 0.6 is 0 Å². The van der Waals surface area contributed by atoms with E-state index in [1.54, 1.807) is 38.5 Å². The van der Waals surface area contributed by atoms with Gasteiger partial charge in [0.25, 0.3) is 0 Å². The van der Waals surface area contributed by atoms with Gasteiger partial charge in [-0.1, -0.05) is 19.9 Å². The van der Waals surface area contributed by atoms with Gasteiger partial charge in [0.15, 0.2) is 11.5 Å². The standard InChI is InChI=1S/C28H32O7/c1-24(2)17(29)7-9-25(3)20-15(23(32)33-6)12-26(4)16(14-8-10-34-13-14)11-18-28(26,35-18)27(20,5)22(31)19(30)21(24)25/h7-10,13,15-16,18,20,30H,11-12H2,1-6H3/t15-,16+,18-,20-,25-,26+,27+,28-/m1/s1. The van der Waals surface area contributed by atoms with Gasteiger partial charge in [0.2, 0.25) is 5.78 Å². The molecule has 8 atom stereocenters. The number of hydrogen-bond donors (Lipinski definition) is 1. The molecule has 7 nitrogen and oxygen atoms in total. The number of carbonyl (C=O) groups excluding carboxylic acids is 3. The topological polar surface area (TPSA) is 106 Å². The van der Waals surface area contributed by atoms with E-state index < -0.39 is 44.9 Å². The van der Waals surface area contributed by atoms with Crippen LogP contribution in [0.5, 0.6) is 0 Å². The third-order valence-electron chi connectivity index (χ3n) is 10.6. The van der Waals surface area contributed by atoms with Gasteiger partial charge in [-0.3, -0.25) is 14.4 Å². The Hall–Kier alpha value is -2.67. The Morgan fingerprint density at radius 1 is 1.17 bits per heavy atom. The van der Waals surface area contributed by atoms with Crippen molar-refractivity contribution in [1.29, 1.82) is 0 Å². The molecule has 0 aromatic carbocycles. The number of epoxide rings is 1. The van der Waals surface area contributed by atoms with Crippen molar-refractivity contribution in [3.05, 3.63) is 47.6 Å². The summed E-state index contributed by atoms with van der Waals surface area (Å²) in [6, 6.07) is 1.94. The minimum atomic E-state index is -1.20. The number of furan rings is 1. The van der Waals surface area contributed by atoms with E-state index in [0.29, 0.717) is 18.4 Å². The van der Waals surface area contributed by atoms with Gasteiger partial charge < -0.3 is 19.0 Å². The molecule has 1 aromatic rings. The van der Waals surface area contributed by atoms with Crippen LogP contribution < -0.4 is 0 Å². The zero-order valence-corrected chi connectivity index (χ0v) is 21.0. The van der Waals surface area contributed by atoms with Crippen LogP contribution in [0.25, 0.3) is 0 Å². The molecule has 1 N–H and O–H groups in total. The van der Waals surface area contributed by atoms with Crippen molar-refractivity contribution in [2.45, 2.75) is 65.1 Å². The first-order valence-corrected chi connectivity index (χ1v) is 12.3. The molecule has 7 heteroatoms. The largest absolute Gasteiger partial charge is 0.504 e. The van der Waals surface area contributed by atoms with E-state index >= 15 is 0 Å². The fourth-order valence-electron chi connectivity index (χ4n) is 9.37. The van der Waals surface area contributed by atoms with Crippen LogP contribution in [0.2, 0.25) is 0 Å². The summed E-state index contributed by atoms with van der Waals surface area (Å²) in [6.07, 6.45) is 7.69. The van der Waals surface area contributed by atoms with Crippen LogP contribution in [0.1, 0.15) is 58.9 Å². The first-order valence-electron chi connectivity index (χ1n) is 12.3. The predicted molar refractivity (Wildman–Crippen MR) is 124 cm³/mol. The van der Waals surface area contributed by atoms with Crippen molar-refractivity contribution in [2.24, 2.45) is 33.5 Å². The highest BCUT2D eigenvalue weighted by molar-refractivity contribution is 6.07. The molecule has 0 amide bonds. The van der Waals surface area contributed by atoms with E-state index in [1.807, 2.05) is 19.9 Å². The number of carbonyl (C=O) groups is 3. The zero-order chi connectivity index (χ0) is 25.3. The normalized spacial score (nSPS) is 47.0. The number of Topliss-reactive ketones (excluding diaryl/α,β-unsaturated/α-hetero) is 1. The number of ether oxygens (including phenoxy) is 2. The lowest BCUT2D eigenvalue weighted by molar-refractivity contribution is -0.186. The SMILES string of the molecule is COC(=O)[C@@H]1C[C@@]2(C)[C@H](c3ccoc3)C[C@H]3O[C@]32[C@]2(C)C(=O)C(O)=C3C(C)(C)C(=O)C=C[C@]3(C)[C@@H]12. The number of hydrogen-bond acceptors (Lipinski definition) is 7. The second kappa shape index (κ2) is 6.36. The average Bonchev–Trinajstić information content (AvgIpc) is 3.17. The minimum Gasteiger partial charge on any atom is -0.504 e. The molecule has 5 aliphatic rings. The maximum absolute atomic E-state index is 14.3. The average molecular weight is 481 g/mol. The number of aliphatic hydroxyl groups excluding tert-OH is 1. The van der Waals surface area contributed by atoms with Gasteiger partial charge >= 0.3 is 5.97 Å². The van der Waals surface area contributed by atoms with Gasteiger partial charge in [-0.2, -0.15) is 0 Å². The fraction of sp³-hybridized carbons (Fsp3) is 0.607. The maximum atomic E-state index is 14.3. The highest BCUT2D eigenvalue weighted by Gasteiger charge is 2.88. The Morgan fingerprint density at radius 2 is 1.89 bits per heavy atom. The number of fused-ring (bicyclic) bond motifs is 3. The Balaban J connectivity index is 1.64. The van der Waals surface area contributed by atoms with E-state index in [4.69, 9.17) is 13.9 Å². The van der Waals surface area contributed by atoms with E-state index in [2.05, 4.69) is 6.92 Å². The van der Waals surface area contributed by atoms with Gasteiger partial charge in [0, 0.05) is 16.7 Å². The summed E-state index contributed by atoms with van der Waals surface area (Å²) < 4.78 is 17.2. The summed E-state index contributed by atoms with van der Waals surface area (Å²) >= 11 is 0. The molecule has 4 aliphatic carbocycles. The molecule has 3 fully saturated rings. The summed E-state index contributed by atoms with van der Waals surface area (Å²) in [5.74, 6) is -2.53. The Labute approximate surface area is 204 Å². The number of ketones is 2. The first kappa shape index (κ1) is 22.8. The monoisotopic (exact) mass is 480 g/mol. The summed E-state index contributed by atoms with van der Waals surface area (Å²) in [4.78, 5) is 40.7. The molecule has 0 radical (unpaired) electrons. The van der Waals surface area contributed by atoms with Crippen molar-refractivity contribution < 1.29 is 33.4 Å². The second-order valence-corrected chi connectivity index (χ2v) is 12.3. The van der Waals surface area contributed by atoms with E-state index in [9.17, 15) is 19.5 Å². The molecule has 6 rings (SSSR count). The van der Waals surface area contributed by atoms with Gasteiger partial charge in [-0.15, -0.1) is 0 Å². The van der Waals surface area contributed by atoms with Crippen LogP contribution in [0, 0.1) is 33.5 Å². The highest BCUT2D eigenvalue weighted by atomic mass is 16.6. The molecule has 0 unspecified atom stereocenters. The quantitative estimate of drug-likeness (QED) is 0.497. The van der Waals surface area contributed by atoms with Crippen molar-refractivity contribution in [1.82, 2.24) is 0 Å². The van der Waals surface area contributed by atoms with Gasteiger partial charge in [0.05, 0.1) is 42.5 Å². The molecule has 1 aromatic heterocycles. The third kappa shape index (κ3) is 2.21. The lowest BCUT2D eigenvalue weighted by Gasteiger charge is -2.64. The molecule has 1 aliphatic heterocycles. The van der Waals surface area contributed by atoms with E-state index in [-0.39, 0.29) is 29.5 Å². The van der Waals surface area contributed by atoms with Gasteiger partial charge in [0.1, 0.15) is 5.60 Å². The molecule has 0 bridgehead atoms. The number of aliphatic hydroxyl groups is 1. The van der Waals surface area contributed by atoms with Crippen LogP contribution in [0.15, 0.2) is 46.5 Å². The molecule has 2 heterocycles. The number of allylic oxidation sites excluding steroid dienone is 4. The van der Waals surface area contributed by atoms with Crippen molar-refractivity contribution >= 4 is 17.5 Å². The maximum Gasteiger partial charge on any atom is 0.309 e. The molecule has 35 heavy (non-hydrogen) atoms. The Bertz CT molecular complexity index is 1240. The summed E-state index contributed by atoms with van der Waals surface area (Å²) in [5, 5.41) is 11.5. The van der Waals surface area contributed by atoms with Crippen LogP contribution in [-0.2, 0) is 23.9 Å². The van der Waals surface area contributed by atoms with Crippen molar-refractivity contribution in [2.75, 3.05) is 7.11 Å². The van der Waals surface area contributed by atoms with Crippen LogP contribution in [-0.4, -0.2) is 41.5 Å². The molecule has 2 saturated carbocycles. The minimum absolute atomic E-state index is 0.0259. The lowest BCUT2D eigenvalue weighted by Crippen LogP contribution is -2.69. The number of methoxy groups -OCH3 is 1. The first-order chi connectivity index (χ1) is 16.3. The highest BCUT2D eigenvalue weighted by Crippen LogP contribution is 2.82. The van der Waals surface area contributed by atoms with Crippen LogP contribution in [0.3, 0.4) is 0 Å². The number of esters is 1. The lowest BCUT2D eigenvalue weighted by atomic mass is 9.37. The summed E-state index contributed by atoms with van der Waals surface area (Å²) in [5.41, 5.74) is -3.21. The Morgan fingerprint density at radius 3 is 2.51 bits per heavy atom. The van der Waals surface area contributed by atoms with Crippen LogP contribution in [0.4, 0.5) is 0 Å². The predicted octanol–water partition coefficient (Wildman–Crippen LogP) is 4.29. The zero-order valence-electron chi connectivity index (χ0n) is 21.0. The molecular formula is C28H32O7. The third-order valence-corrected chi connectivity index (χ3v) is 10.6. The summed E-state index contributed by atoms with van der Waals surface area (Å²) in [6.45, 7) is 9.37. The number of rotatable bonds is 2. The second-order valence-electron chi connectivity index (χ2n) is 12.3. The molecule has 1 spiro atoms. The van der Waals surface area contributed by atoms with Crippen molar-refractivity contribution in [3.8, 4) is 0 Å². The van der Waals surface area contributed by atoms with Gasteiger partial charge in [-0.05, 0) is 62.8 Å². The molecule has 1 saturated heterocycles. The van der Waals surface area contributed by atoms with Crippen molar-refractivity contribution in [3.63, 3.8) is 0 Å². The van der Waals surface area contributed by atoms with E-state index in [0.717, 1.165) is 5.56 Å². The smallest absolute Gasteiger partial charge is 0.309 e. The fourth-order valence-corrected chi connectivity index (χ4v) is 9.37.